The minimum absolute atomic E-state index is 0.0216. The van der Waals surface area contributed by atoms with E-state index in [4.69, 9.17) is 15.0 Å². The molecular formula is C78H82F3N15O4. The fourth-order valence-corrected chi connectivity index (χ4v) is 15.1. The largest absolute Gasteiger partial charge is 0.389 e. The summed E-state index contributed by atoms with van der Waals surface area (Å²) in [4.78, 5) is 85.1. The summed E-state index contributed by atoms with van der Waals surface area (Å²) < 4.78 is 41.6. The first-order chi connectivity index (χ1) is 48.4. The molecule has 0 aliphatic carbocycles. The minimum Gasteiger partial charge on any atom is -0.389 e. The second-order valence-electron chi connectivity index (χ2n) is 27.3. The number of aromatic nitrogens is 9. The number of pyridine rings is 3. The number of imidazole rings is 3. The SMILES string of the molecule is CNC(=O)c1ccc2nc([C@@H](C)N3CCC(c4ccnc5ccc(F)cc45)CC3)[nH]c2c1.C[C@H](c1nc2ccc(C(=O)N(C)C)cc2[nH]1)N1CCC(c2ccnc3ccc(F)cc23)CC1.C[C@H](c1nc2ccc(C(=O)N3CC(O)C3)cc2[nH]1)N1CCC(c2ccnc3ccc(F)cc23)CC1. The van der Waals surface area contributed by atoms with E-state index in [2.05, 4.69) is 70.7 Å². The summed E-state index contributed by atoms with van der Waals surface area (Å²) in [6, 6.07) is 37.6. The third kappa shape index (κ3) is 14.0. The molecular weight excluding hydrogens is 1270 g/mol. The number of β-amino-alcohol motifs (C(OH)–C–C–N with tert-alkyl or cyclic N) is 1. The third-order valence-corrected chi connectivity index (χ3v) is 21.0. The van der Waals surface area contributed by atoms with Crippen LogP contribution in [0.15, 0.2) is 146 Å². The van der Waals surface area contributed by atoms with Gasteiger partial charge in [0.2, 0.25) is 0 Å². The van der Waals surface area contributed by atoms with Crippen LogP contribution < -0.4 is 5.32 Å². The van der Waals surface area contributed by atoms with Gasteiger partial charge in [-0.2, -0.15) is 0 Å². The predicted octanol–water partition coefficient (Wildman–Crippen LogP) is 13.5. The van der Waals surface area contributed by atoms with Gasteiger partial charge in [-0.25, -0.2) is 28.1 Å². The second kappa shape index (κ2) is 28.7. The zero-order valence-electron chi connectivity index (χ0n) is 57.0. The summed E-state index contributed by atoms with van der Waals surface area (Å²) in [7, 11) is 5.13. The van der Waals surface area contributed by atoms with E-state index < -0.39 is 6.10 Å². The molecule has 10 heterocycles. The summed E-state index contributed by atoms with van der Waals surface area (Å²) in [5, 5.41) is 14.9. The molecule has 4 saturated heterocycles. The van der Waals surface area contributed by atoms with Crippen LogP contribution in [0.4, 0.5) is 13.2 Å². The highest BCUT2D eigenvalue weighted by Crippen LogP contribution is 2.39. The standard InChI is InChI=1S/C27H28FN5O2.C26H28FN5O.C25H26FN5O/c1-16(26-30-24-4-2-18(12-25(24)31-26)27(35)33-14-20(34)15-33)32-10-7-17(8-11-32)21-6-9-29-23-5-3-19(28)13-22(21)23;1-16(25-29-23-6-4-18(14-24(23)30-25)26(33)31(2)3)32-12-9-17(10-13-32)20-8-11-28-22-7-5-19(27)15-21(20)22;1-15(24-29-22-5-3-17(25(32)27-2)13-23(22)30-24)31-11-8-16(9-12-31)19-7-10-28-21-6-4-18(26)14-20(19)21/h2-6,9,12-13,16-17,20,34H,7-8,10-11,14-15H2,1H3,(H,30,31);4-8,11,14-17H,9-10,12-13H2,1-3H3,(H,29,30);3-7,10,13-16H,8-9,11-12H2,1-2H3,(H,27,32)(H,29,30)/t2*16-;15-/m111/s1. The van der Waals surface area contributed by atoms with Gasteiger partial charge in [-0.05, 0) is 260 Å². The molecule has 16 rings (SSSR count). The first-order valence-corrected chi connectivity index (χ1v) is 34.6. The van der Waals surface area contributed by atoms with Gasteiger partial charge in [0.15, 0.2) is 0 Å². The number of benzene rings is 6. The fraction of sp³-hybridized carbons (Fsp3) is 0.346. The average Bonchev–Trinajstić information content (AvgIpc) is 1.75. The molecule has 0 spiro atoms. The maximum atomic E-state index is 13.9. The van der Waals surface area contributed by atoms with Gasteiger partial charge in [-0.3, -0.25) is 44.0 Å². The molecule has 12 aromatic rings. The van der Waals surface area contributed by atoms with E-state index in [1.807, 2.05) is 79.3 Å². The lowest BCUT2D eigenvalue weighted by atomic mass is 9.87. The van der Waals surface area contributed by atoms with Crippen molar-refractivity contribution in [3.63, 3.8) is 0 Å². The van der Waals surface area contributed by atoms with Crippen molar-refractivity contribution in [3.05, 3.63) is 214 Å². The van der Waals surface area contributed by atoms with E-state index in [-0.39, 0.29) is 53.3 Å². The molecule has 4 aliphatic rings. The van der Waals surface area contributed by atoms with Crippen molar-refractivity contribution >= 4 is 83.5 Å². The van der Waals surface area contributed by atoms with E-state index in [9.17, 15) is 32.7 Å². The minimum atomic E-state index is -0.412. The molecule has 3 amide bonds. The van der Waals surface area contributed by atoms with Crippen LogP contribution in [0.5, 0.6) is 0 Å². The van der Waals surface area contributed by atoms with Crippen LogP contribution in [0.2, 0.25) is 0 Å². The van der Waals surface area contributed by atoms with Gasteiger partial charge in [0.1, 0.15) is 34.9 Å². The van der Waals surface area contributed by atoms with Crippen LogP contribution in [0.3, 0.4) is 0 Å². The Bertz CT molecular complexity index is 5010. The molecule has 514 valence electrons. The Morgan fingerprint density at radius 1 is 0.470 bits per heavy atom. The fourth-order valence-electron chi connectivity index (χ4n) is 15.1. The molecule has 0 unspecified atom stereocenters. The number of piperidine rings is 3. The van der Waals surface area contributed by atoms with Crippen LogP contribution in [-0.4, -0.2) is 172 Å². The zero-order chi connectivity index (χ0) is 69.5. The number of hydrogen-bond donors (Lipinski definition) is 5. The number of likely N-dealkylation sites (tertiary alicyclic amines) is 4. The van der Waals surface area contributed by atoms with Crippen molar-refractivity contribution in [3.8, 4) is 0 Å². The summed E-state index contributed by atoms with van der Waals surface area (Å²) in [5.74, 6) is 2.99. The molecule has 22 heteroatoms. The smallest absolute Gasteiger partial charge is 0.254 e. The number of carbonyl (C=O) groups excluding carboxylic acids is 3. The van der Waals surface area contributed by atoms with Crippen molar-refractivity contribution < 1.29 is 32.7 Å². The lowest BCUT2D eigenvalue weighted by Gasteiger charge is -2.35. The van der Waals surface area contributed by atoms with Gasteiger partial charge in [0, 0.05) is 85.7 Å². The average molecular weight is 1350 g/mol. The number of aromatic amines is 3. The van der Waals surface area contributed by atoms with Crippen LogP contribution in [0.25, 0.3) is 65.8 Å². The second-order valence-corrected chi connectivity index (χ2v) is 27.3. The molecule has 19 nitrogen and oxygen atoms in total. The van der Waals surface area contributed by atoms with E-state index >= 15 is 0 Å². The number of amides is 3. The van der Waals surface area contributed by atoms with E-state index in [1.54, 1.807) is 79.5 Å². The Labute approximate surface area is 577 Å². The zero-order valence-corrected chi connectivity index (χ0v) is 57.0. The number of rotatable bonds is 12. The quantitative estimate of drug-likeness (QED) is 0.0768. The van der Waals surface area contributed by atoms with E-state index in [0.29, 0.717) is 47.5 Å². The highest BCUT2D eigenvalue weighted by atomic mass is 19.1. The lowest BCUT2D eigenvalue weighted by molar-refractivity contribution is 0.00590. The maximum Gasteiger partial charge on any atom is 0.254 e. The number of fused-ring (bicyclic) bond motifs is 6. The van der Waals surface area contributed by atoms with Gasteiger partial charge in [-0.1, -0.05) is 0 Å². The molecule has 5 N–H and O–H groups in total. The highest BCUT2D eigenvalue weighted by molar-refractivity contribution is 5.99. The summed E-state index contributed by atoms with van der Waals surface area (Å²) in [5.41, 5.74) is 13.1. The Morgan fingerprint density at radius 2 is 0.800 bits per heavy atom. The number of H-pyrrole nitrogens is 3. The maximum absolute atomic E-state index is 13.9. The number of aliphatic hydroxyl groups excluding tert-OH is 1. The Kier molecular flexibility index (Phi) is 19.3. The molecule has 0 saturated carbocycles. The Hall–Kier alpha value is -10.0. The molecule has 0 bridgehead atoms. The monoisotopic (exact) mass is 1350 g/mol. The van der Waals surface area contributed by atoms with E-state index in [1.165, 1.54) is 34.9 Å². The summed E-state index contributed by atoms with van der Waals surface area (Å²) in [6.45, 7) is 12.9. The normalized spacial score (nSPS) is 17.2. The van der Waals surface area contributed by atoms with E-state index in [0.717, 1.165) is 161 Å². The molecule has 4 fully saturated rings. The highest BCUT2D eigenvalue weighted by Gasteiger charge is 2.33. The number of nitrogens with one attached hydrogen (secondary N) is 4. The summed E-state index contributed by atoms with van der Waals surface area (Å²) >= 11 is 0. The summed E-state index contributed by atoms with van der Waals surface area (Å²) in [6.07, 6.45) is 11.0. The number of aliphatic hydroxyl groups is 1. The lowest BCUT2D eigenvalue weighted by Crippen LogP contribution is -2.53. The number of halogens is 3. The van der Waals surface area contributed by atoms with Gasteiger partial charge in [0.25, 0.3) is 17.7 Å². The molecule has 4 aliphatic heterocycles. The molecule has 0 radical (unpaired) electrons. The van der Waals surface area contributed by atoms with Crippen molar-refractivity contribution in [2.24, 2.45) is 0 Å². The van der Waals surface area contributed by atoms with Gasteiger partial charge >= 0.3 is 0 Å². The Morgan fingerprint density at radius 3 is 1.15 bits per heavy atom. The number of hydrogen-bond acceptors (Lipinski definition) is 13. The Balaban J connectivity index is 0.000000128. The van der Waals surface area contributed by atoms with Crippen molar-refractivity contribution in [1.29, 1.82) is 0 Å². The molecule has 100 heavy (non-hydrogen) atoms. The van der Waals surface area contributed by atoms with Crippen molar-refractivity contribution in [2.45, 2.75) is 101 Å². The van der Waals surface area contributed by atoms with Gasteiger partial charge in [-0.15, -0.1) is 0 Å². The first kappa shape index (κ1) is 67.2. The topological polar surface area (TPSA) is 224 Å². The number of nitrogens with zero attached hydrogens (tertiary/aromatic N) is 11. The molecule has 6 aromatic carbocycles. The molecule has 6 aromatic heterocycles. The number of carbonyl (C=O) groups is 3. The molecule has 3 atom stereocenters. The third-order valence-electron chi connectivity index (χ3n) is 21.0. The van der Waals surface area contributed by atoms with Crippen LogP contribution in [0.1, 0.15) is 160 Å². The van der Waals surface area contributed by atoms with Crippen LogP contribution in [-0.2, 0) is 0 Å². The first-order valence-electron chi connectivity index (χ1n) is 34.6. The van der Waals surface area contributed by atoms with Gasteiger partial charge < -0.3 is 35.2 Å². The van der Waals surface area contributed by atoms with Crippen LogP contribution in [0, 0.1) is 17.5 Å². The van der Waals surface area contributed by atoms with Crippen molar-refractivity contribution in [1.82, 2.24) is 74.7 Å². The predicted molar refractivity (Wildman–Crippen MR) is 383 cm³/mol. The van der Waals surface area contributed by atoms with Crippen LogP contribution >= 0.6 is 0 Å². The van der Waals surface area contributed by atoms with Crippen molar-refractivity contribution in [2.75, 3.05) is 73.5 Å². The van der Waals surface area contributed by atoms with Gasteiger partial charge in [0.05, 0.1) is 73.9 Å².